The first-order valence-corrected chi connectivity index (χ1v) is 6.95. The van der Waals surface area contributed by atoms with Crippen molar-refractivity contribution in [2.24, 2.45) is 0 Å². The molecular formula is C15H18N2O5. The summed E-state index contributed by atoms with van der Waals surface area (Å²) >= 11 is 0. The molecule has 22 heavy (non-hydrogen) atoms. The molecule has 2 rings (SSSR count). The SMILES string of the molecule is CC(C)N1c2ccc(C(=O)O)cc2CNC(=O)C1CC(=O)O. The Morgan fingerprint density at radius 1 is 1.36 bits per heavy atom. The lowest BCUT2D eigenvalue weighted by atomic mass is 10.0. The van der Waals surface area contributed by atoms with Crippen LogP contribution in [0, 0.1) is 0 Å². The Kier molecular flexibility index (Phi) is 4.35. The Labute approximate surface area is 127 Å². The molecule has 1 aromatic rings. The van der Waals surface area contributed by atoms with Crippen LogP contribution in [0.15, 0.2) is 18.2 Å². The fourth-order valence-electron chi connectivity index (χ4n) is 2.70. The highest BCUT2D eigenvalue weighted by molar-refractivity contribution is 5.92. The maximum absolute atomic E-state index is 12.2. The summed E-state index contributed by atoms with van der Waals surface area (Å²) in [6, 6.07) is 3.67. The summed E-state index contributed by atoms with van der Waals surface area (Å²) in [6.45, 7) is 3.90. The van der Waals surface area contributed by atoms with E-state index in [-0.39, 0.29) is 30.5 Å². The molecule has 0 aliphatic carbocycles. The molecule has 7 heteroatoms. The number of rotatable bonds is 4. The maximum Gasteiger partial charge on any atom is 0.335 e. The van der Waals surface area contributed by atoms with Gasteiger partial charge in [-0.15, -0.1) is 0 Å². The molecule has 0 radical (unpaired) electrons. The van der Waals surface area contributed by atoms with Crippen molar-refractivity contribution >= 4 is 23.5 Å². The third-order valence-electron chi connectivity index (χ3n) is 3.62. The molecule has 0 aromatic heterocycles. The lowest BCUT2D eigenvalue weighted by Crippen LogP contribution is -2.49. The molecule has 0 bridgehead atoms. The van der Waals surface area contributed by atoms with Gasteiger partial charge in [-0.25, -0.2) is 4.79 Å². The average molecular weight is 306 g/mol. The molecule has 0 saturated carbocycles. The van der Waals surface area contributed by atoms with Crippen molar-refractivity contribution in [3.63, 3.8) is 0 Å². The monoisotopic (exact) mass is 306 g/mol. The molecule has 1 amide bonds. The Balaban J connectivity index is 2.52. The van der Waals surface area contributed by atoms with Crippen LogP contribution in [0.5, 0.6) is 0 Å². The molecule has 1 heterocycles. The Morgan fingerprint density at radius 3 is 2.59 bits per heavy atom. The number of carboxylic acid groups (broad SMARTS) is 2. The van der Waals surface area contributed by atoms with E-state index in [2.05, 4.69) is 5.32 Å². The molecule has 3 N–H and O–H groups in total. The minimum absolute atomic E-state index is 0.109. The van der Waals surface area contributed by atoms with Crippen molar-refractivity contribution in [1.29, 1.82) is 0 Å². The highest BCUT2D eigenvalue weighted by Crippen LogP contribution is 2.29. The molecule has 0 spiro atoms. The van der Waals surface area contributed by atoms with Crippen molar-refractivity contribution in [2.75, 3.05) is 4.90 Å². The third kappa shape index (κ3) is 3.03. The van der Waals surface area contributed by atoms with Gasteiger partial charge in [-0.3, -0.25) is 9.59 Å². The molecule has 1 aliphatic rings. The van der Waals surface area contributed by atoms with Crippen LogP contribution >= 0.6 is 0 Å². The number of aliphatic carboxylic acids is 1. The van der Waals surface area contributed by atoms with Crippen molar-refractivity contribution in [3.8, 4) is 0 Å². The minimum Gasteiger partial charge on any atom is -0.481 e. The summed E-state index contributed by atoms with van der Waals surface area (Å²) in [7, 11) is 0. The Morgan fingerprint density at radius 2 is 2.05 bits per heavy atom. The molecule has 0 saturated heterocycles. The molecule has 118 valence electrons. The lowest BCUT2D eigenvalue weighted by Gasteiger charge is -2.34. The number of hydrogen-bond acceptors (Lipinski definition) is 4. The maximum atomic E-state index is 12.2. The summed E-state index contributed by atoms with van der Waals surface area (Å²) < 4.78 is 0. The van der Waals surface area contributed by atoms with Crippen LogP contribution in [0.25, 0.3) is 0 Å². The van der Waals surface area contributed by atoms with Crippen LogP contribution in [0.4, 0.5) is 5.69 Å². The summed E-state index contributed by atoms with van der Waals surface area (Å²) in [6.07, 6.45) is -0.315. The van der Waals surface area contributed by atoms with Crippen molar-refractivity contribution in [3.05, 3.63) is 29.3 Å². The van der Waals surface area contributed by atoms with E-state index in [0.717, 1.165) is 0 Å². The summed E-state index contributed by atoms with van der Waals surface area (Å²) in [5.74, 6) is -2.47. The number of carboxylic acids is 2. The molecule has 1 atom stereocenters. The van der Waals surface area contributed by atoms with Gasteiger partial charge in [0.15, 0.2) is 0 Å². The smallest absolute Gasteiger partial charge is 0.335 e. The van der Waals surface area contributed by atoms with Gasteiger partial charge in [0.25, 0.3) is 0 Å². The molecule has 0 fully saturated rings. The van der Waals surface area contributed by atoms with Crippen LogP contribution in [0.2, 0.25) is 0 Å². The number of hydrogen-bond donors (Lipinski definition) is 3. The van der Waals surface area contributed by atoms with Gasteiger partial charge in [-0.2, -0.15) is 0 Å². The van der Waals surface area contributed by atoms with E-state index in [1.165, 1.54) is 12.1 Å². The van der Waals surface area contributed by atoms with Gasteiger partial charge in [0.1, 0.15) is 6.04 Å². The molecule has 1 aromatic carbocycles. The molecular weight excluding hydrogens is 288 g/mol. The summed E-state index contributed by atoms with van der Waals surface area (Å²) in [4.78, 5) is 36.1. The highest BCUT2D eigenvalue weighted by atomic mass is 16.4. The van der Waals surface area contributed by atoms with E-state index >= 15 is 0 Å². The number of nitrogens with one attached hydrogen (secondary N) is 1. The van der Waals surface area contributed by atoms with Crippen LogP contribution in [-0.4, -0.2) is 40.1 Å². The lowest BCUT2D eigenvalue weighted by molar-refractivity contribution is -0.139. The highest BCUT2D eigenvalue weighted by Gasteiger charge is 2.34. The Bertz CT molecular complexity index is 626. The molecule has 7 nitrogen and oxygen atoms in total. The molecule has 1 unspecified atom stereocenters. The van der Waals surface area contributed by atoms with E-state index in [9.17, 15) is 14.4 Å². The minimum atomic E-state index is -1.06. The van der Waals surface area contributed by atoms with Crippen LogP contribution < -0.4 is 10.2 Å². The van der Waals surface area contributed by atoms with Gasteiger partial charge < -0.3 is 20.4 Å². The van der Waals surface area contributed by atoms with Crippen LogP contribution in [0.3, 0.4) is 0 Å². The Hall–Kier alpha value is -2.57. The van der Waals surface area contributed by atoms with Crippen molar-refractivity contribution in [1.82, 2.24) is 5.32 Å². The fraction of sp³-hybridized carbons (Fsp3) is 0.400. The number of nitrogens with zero attached hydrogens (tertiary/aromatic N) is 1. The van der Waals surface area contributed by atoms with Gasteiger partial charge in [0.2, 0.25) is 5.91 Å². The zero-order chi connectivity index (χ0) is 16.4. The van der Waals surface area contributed by atoms with Crippen molar-refractivity contribution in [2.45, 2.75) is 38.9 Å². The quantitative estimate of drug-likeness (QED) is 0.768. The third-order valence-corrected chi connectivity index (χ3v) is 3.62. The first kappa shape index (κ1) is 15.8. The van der Waals surface area contributed by atoms with Crippen LogP contribution in [-0.2, 0) is 16.1 Å². The number of amides is 1. The van der Waals surface area contributed by atoms with Crippen LogP contribution in [0.1, 0.15) is 36.2 Å². The largest absolute Gasteiger partial charge is 0.481 e. The predicted octanol–water partition coefficient (Wildman–Crippen LogP) is 1.07. The number of anilines is 1. The van der Waals surface area contributed by atoms with E-state index in [0.29, 0.717) is 11.3 Å². The second kappa shape index (κ2) is 6.05. The molecule has 1 aliphatic heterocycles. The summed E-state index contributed by atoms with van der Waals surface area (Å²) in [5.41, 5.74) is 1.48. The standard InChI is InChI=1S/C15H18N2O5/c1-8(2)17-11-4-3-9(15(21)22)5-10(11)7-16-14(20)12(17)6-13(18)19/h3-5,8,12H,6-7H2,1-2H3,(H,16,20)(H,18,19)(H,21,22). The number of carbonyl (C=O) groups excluding carboxylic acids is 1. The van der Waals surface area contributed by atoms with Gasteiger partial charge in [0, 0.05) is 18.3 Å². The normalized spacial score (nSPS) is 17.7. The zero-order valence-corrected chi connectivity index (χ0v) is 12.4. The zero-order valence-electron chi connectivity index (χ0n) is 12.4. The van der Waals surface area contributed by atoms with Gasteiger partial charge in [-0.05, 0) is 37.6 Å². The second-order valence-corrected chi connectivity index (χ2v) is 5.48. The van der Waals surface area contributed by atoms with E-state index < -0.39 is 18.0 Å². The van der Waals surface area contributed by atoms with E-state index in [1.54, 1.807) is 11.0 Å². The van der Waals surface area contributed by atoms with E-state index in [4.69, 9.17) is 10.2 Å². The number of carbonyl (C=O) groups is 3. The van der Waals surface area contributed by atoms with Gasteiger partial charge in [0.05, 0.1) is 12.0 Å². The van der Waals surface area contributed by atoms with Crippen molar-refractivity contribution < 1.29 is 24.6 Å². The number of fused-ring (bicyclic) bond motifs is 1. The fourth-order valence-corrected chi connectivity index (χ4v) is 2.70. The van der Waals surface area contributed by atoms with Gasteiger partial charge in [-0.1, -0.05) is 0 Å². The number of benzene rings is 1. The first-order chi connectivity index (χ1) is 10.3. The number of aromatic carboxylic acids is 1. The average Bonchev–Trinajstić information content (AvgIpc) is 2.56. The topological polar surface area (TPSA) is 107 Å². The predicted molar refractivity (Wildman–Crippen MR) is 78.9 cm³/mol. The van der Waals surface area contributed by atoms with E-state index in [1.807, 2.05) is 13.8 Å². The first-order valence-electron chi connectivity index (χ1n) is 6.95. The van der Waals surface area contributed by atoms with Gasteiger partial charge >= 0.3 is 11.9 Å². The summed E-state index contributed by atoms with van der Waals surface area (Å²) in [5, 5.41) is 20.8. The second-order valence-electron chi connectivity index (χ2n) is 5.48.